The van der Waals surface area contributed by atoms with Gasteiger partial charge in [0.15, 0.2) is 0 Å². The summed E-state index contributed by atoms with van der Waals surface area (Å²) in [7, 11) is 1.66. The van der Waals surface area contributed by atoms with E-state index in [1.54, 1.807) is 25.2 Å². The number of amides is 2. The van der Waals surface area contributed by atoms with Crippen molar-refractivity contribution in [2.24, 2.45) is 0 Å². The van der Waals surface area contributed by atoms with Crippen LogP contribution in [0.2, 0.25) is 0 Å². The maximum atomic E-state index is 12.8. The molecule has 0 aliphatic heterocycles. The maximum Gasteiger partial charge on any atom is 0.270 e. The van der Waals surface area contributed by atoms with Crippen LogP contribution in [0.1, 0.15) is 56.6 Å². The third-order valence-electron chi connectivity index (χ3n) is 5.92. The minimum atomic E-state index is -0.347. The van der Waals surface area contributed by atoms with Crippen molar-refractivity contribution >= 4 is 18.0 Å². The summed E-state index contributed by atoms with van der Waals surface area (Å²) in [6.07, 6.45) is 4.46. The van der Waals surface area contributed by atoms with E-state index in [-0.39, 0.29) is 29.8 Å². The summed E-state index contributed by atoms with van der Waals surface area (Å²) in [5.41, 5.74) is 1.25. The molecule has 0 aliphatic carbocycles. The molecule has 0 fully saturated rings. The highest BCUT2D eigenvalue weighted by Crippen LogP contribution is 2.28. The zero-order valence-corrected chi connectivity index (χ0v) is 23.9. The van der Waals surface area contributed by atoms with Crippen molar-refractivity contribution in [3.8, 4) is 29.1 Å². The molecule has 2 amide bonds. The van der Waals surface area contributed by atoms with Crippen molar-refractivity contribution in [2.45, 2.75) is 52.1 Å². The highest BCUT2D eigenvalue weighted by atomic mass is 16.5. The van der Waals surface area contributed by atoms with Gasteiger partial charge in [0.2, 0.25) is 6.41 Å². The number of anilines is 1. The summed E-state index contributed by atoms with van der Waals surface area (Å²) in [5.74, 6) is 7.82. The Hall–Kier alpha value is -4.35. The van der Waals surface area contributed by atoms with Crippen LogP contribution in [0.4, 0.5) is 5.69 Å². The summed E-state index contributed by atoms with van der Waals surface area (Å²) >= 11 is 0. The SMILES string of the molecule is CCCCNC(C)(C)C#Cc1ccc(OCC(C)NC(=O)c2cc(Oc3ccccc3)ccn2)c(N(C)C=O)c1. The Morgan fingerprint density at radius 3 is 2.62 bits per heavy atom. The van der Waals surface area contributed by atoms with Gasteiger partial charge in [0, 0.05) is 24.9 Å². The van der Waals surface area contributed by atoms with Crippen LogP contribution in [0.3, 0.4) is 0 Å². The number of para-hydroxylation sites is 1. The van der Waals surface area contributed by atoms with Crippen molar-refractivity contribution in [1.29, 1.82) is 0 Å². The number of carbonyl (C=O) groups is 2. The molecule has 1 atom stereocenters. The molecule has 0 saturated heterocycles. The Kier molecular flexibility index (Phi) is 11.1. The Balaban J connectivity index is 1.63. The predicted molar refractivity (Wildman–Crippen MR) is 158 cm³/mol. The van der Waals surface area contributed by atoms with Crippen molar-refractivity contribution < 1.29 is 19.1 Å². The molecule has 3 aromatic rings. The van der Waals surface area contributed by atoms with Gasteiger partial charge in [-0.1, -0.05) is 43.4 Å². The first-order valence-corrected chi connectivity index (χ1v) is 13.4. The van der Waals surface area contributed by atoms with Crippen LogP contribution in [0, 0.1) is 11.8 Å². The number of unbranched alkanes of at least 4 members (excludes halogenated alkanes) is 1. The van der Waals surface area contributed by atoms with Crippen LogP contribution in [-0.2, 0) is 4.79 Å². The molecule has 0 bridgehead atoms. The molecule has 1 unspecified atom stereocenters. The van der Waals surface area contributed by atoms with Crippen molar-refractivity contribution in [3.63, 3.8) is 0 Å². The highest BCUT2D eigenvalue weighted by molar-refractivity contribution is 5.92. The first-order valence-electron chi connectivity index (χ1n) is 13.4. The molecule has 1 aromatic heterocycles. The molecule has 0 saturated carbocycles. The molecule has 8 heteroatoms. The summed E-state index contributed by atoms with van der Waals surface area (Å²) in [5, 5.41) is 6.35. The van der Waals surface area contributed by atoms with Crippen LogP contribution in [0.15, 0.2) is 66.9 Å². The number of benzene rings is 2. The van der Waals surface area contributed by atoms with Crippen molar-refractivity contribution in [3.05, 3.63) is 78.1 Å². The van der Waals surface area contributed by atoms with Gasteiger partial charge in [-0.3, -0.25) is 14.6 Å². The lowest BCUT2D eigenvalue weighted by atomic mass is 10.0. The van der Waals surface area contributed by atoms with Crippen LogP contribution in [-0.4, -0.2) is 49.1 Å². The normalized spacial score (nSPS) is 11.5. The van der Waals surface area contributed by atoms with Gasteiger partial charge in [-0.25, -0.2) is 0 Å². The van der Waals surface area contributed by atoms with E-state index >= 15 is 0 Å². The van der Waals surface area contributed by atoms with Gasteiger partial charge in [0.1, 0.15) is 29.5 Å². The molecular weight excluding hydrogens is 504 g/mol. The first kappa shape index (κ1) is 30.2. The van der Waals surface area contributed by atoms with Gasteiger partial charge in [-0.15, -0.1) is 0 Å². The molecule has 210 valence electrons. The minimum absolute atomic E-state index is 0.186. The smallest absolute Gasteiger partial charge is 0.270 e. The average molecular weight is 543 g/mol. The zero-order chi connectivity index (χ0) is 29.0. The standard InChI is InChI=1S/C32H38N4O4/c1-6-7-18-34-32(3,4)17-15-25-13-14-30(29(20-25)36(5)23-37)39-22-24(2)35-31(38)28-21-27(16-19-33-28)40-26-11-9-8-10-12-26/h8-14,16,19-21,23-24,34H,6-7,18,22H2,1-5H3,(H,35,38). The molecule has 0 radical (unpaired) electrons. The lowest BCUT2D eigenvalue weighted by molar-refractivity contribution is -0.107. The second kappa shape index (κ2) is 14.7. The number of hydrogen-bond acceptors (Lipinski definition) is 6. The Morgan fingerprint density at radius 1 is 1.12 bits per heavy atom. The lowest BCUT2D eigenvalue weighted by Gasteiger charge is -2.20. The minimum Gasteiger partial charge on any atom is -0.489 e. The van der Waals surface area contributed by atoms with Crippen molar-refractivity contribution in [2.75, 3.05) is 25.1 Å². The second-order valence-electron chi connectivity index (χ2n) is 10.0. The molecule has 40 heavy (non-hydrogen) atoms. The van der Waals surface area contributed by atoms with E-state index in [2.05, 4.69) is 34.4 Å². The maximum absolute atomic E-state index is 12.8. The van der Waals surface area contributed by atoms with Crippen LogP contribution in [0.25, 0.3) is 0 Å². The quantitative estimate of drug-likeness (QED) is 0.176. The molecular formula is C32H38N4O4. The highest BCUT2D eigenvalue weighted by Gasteiger charge is 2.16. The van der Waals surface area contributed by atoms with E-state index in [0.717, 1.165) is 31.4 Å². The van der Waals surface area contributed by atoms with Crippen LogP contribution in [0.5, 0.6) is 17.2 Å². The molecule has 3 rings (SSSR count). The van der Waals surface area contributed by atoms with E-state index in [1.807, 2.05) is 63.2 Å². The number of aromatic nitrogens is 1. The van der Waals surface area contributed by atoms with Crippen LogP contribution >= 0.6 is 0 Å². The number of carbonyl (C=O) groups excluding carboxylic acids is 2. The van der Waals surface area contributed by atoms with Gasteiger partial charge in [-0.2, -0.15) is 0 Å². The summed E-state index contributed by atoms with van der Waals surface area (Å²) in [6.45, 7) is 9.17. The van der Waals surface area contributed by atoms with E-state index in [4.69, 9.17) is 9.47 Å². The molecule has 0 aliphatic rings. The third-order valence-corrected chi connectivity index (χ3v) is 5.92. The van der Waals surface area contributed by atoms with Gasteiger partial charge < -0.3 is 25.0 Å². The van der Waals surface area contributed by atoms with Crippen LogP contribution < -0.4 is 25.0 Å². The topological polar surface area (TPSA) is 92.8 Å². The number of nitrogens with zero attached hydrogens (tertiary/aromatic N) is 2. The number of nitrogens with one attached hydrogen (secondary N) is 2. The molecule has 1 heterocycles. The number of ether oxygens (including phenoxy) is 2. The molecule has 8 nitrogen and oxygen atoms in total. The van der Waals surface area contributed by atoms with E-state index in [0.29, 0.717) is 22.9 Å². The third kappa shape index (κ3) is 9.44. The van der Waals surface area contributed by atoms with Gasteiger partial charge >= 0.3 is 0 Å². The fourth-order valence-corrected chi connectivity index (χ4v) is 3.68. The fourth-order valence-electron chi connectivity index (χ4n) is 3.68. The number of hydrogen-bond donors (Lipinski definition) is 2. The largest absolute Gasteiger partial charge is 0.489 e. The number of pyridine rings is 1. The average Bonchev–Trinajstić information content (AvgIpc) is 2.95. The second-order valence-corrected chi connectivity index (χ2v) is 10.0. The number of rotatable bonds is 13. The Bertz CT molecular complexity index is 1330. The summed E-state index contributed by atoms with van der Waals surface area (Å²) in [6, 6.07) is 17.7. The Morgan fingerprint density at radius 2 is 1.90 bits per heavy atom. The van der Waals surface area contributed by atoms with Gasteiger partial charge in [0.25, 0.3) is 5.91 Å². The zero-order valence-electron chi connectivity index (χ0n) is 23.9. The fraction of sp³-hybridized carbons (Fsp3) is 0.344. The monoisotopic (exact) mass is 542 g/mol. The first-order chi connectivity index (χ1) is 19.2. The van der Waals surface area contributed by atoms with E-state index < -0.39 is 0 Å². The van der Waals surface area contributed by atoms with Crippen molar-refractivity contribution in [1.82, 2.24) is 15.6 Å². The predicted octanol–water partition coefficient (Wildman–Crippen LogP) is 5.18. The molecule has 2 N–H and O–H groups in total. The van der Waals surface area contributed by atoms with E-state index in [9.17, 15) is 9.59 Å². The van der Waals surface area contributed by atoms with Gasteiger partial charge in [0.05, 0.1) is 17.3 Å². The van der Waals surface area contributed by atoms with E-state index in [1.165, 1.54) is 11.1 Å². The molecule has 0 spiro atoms. The summed E-state index contributed by atoms with van der Waals surface area (Å²) in [4.78, 5) is 30.0. The Labute approximate surface area is 237 Å². The lowest BCUT2D eigenvalue weighted by Crippen LogP contribution is -2.38. The molecule has 2 aromatic carbocycles. The van der Waals surface area contributed by atoms with Gasteiger partial charge in [-0.05, 0) is 70.1 Å². The summed E-state index contributed by atoms with van der Waals surface area (Å²) < 4.78 is 11.8.